The molecule has 2 aromatic heterocycles. The highest BCUT2D eigenvalue weighted by atomic mass is 35.5. The molecule has 4 rings (SSSR count). The molecule has 1 N–H and O–H groups in total. The molecule has 0 radical (unpaired) electrons. The molecule has 0 unspecified atom stereocenters. The van der Waals surface area contributed by atoms with Crippen LogP contribution in [-0.4, -0.2) is 21.5 Å². The molecule has 0 aliphatic heterocycles. The highest BCUT2D eigenvalue weighted by molar-refractivity contribution is 6.30. The van der Waals surface area contributed by atoms with E-state index in [0.29, 0.717) is 34.5 Å². The Morgan fingerprint density at radius 3 is 2.66 bits per heavy atom. The van der Waals surface area contributed by atoms with Gasteiger partial charge in [0.2, 0.25) is 0 Å². The summed E-state index contributed by atoms with van der Waals surface area (Å²) in [5.41, 5.74) is 1.62. The molecule has 0 bridgehead atoms. The summed E-state index contributed by atoms with van der Waals surface area (Å²) in [6.45, 7) is 2.20. The van der Waals surface area contributed by atoms with Crippen molar-refractivity contribution in [1.82, 2.24) is 9.78 Å². The van der Waals surface area contributed by atoms with Crippen molar-refractivity contribution < 1.29 is 18.7 Å². The molecule has 1 amide bonds. The lowest BCUT2D eigenvalue weighted by atomic mass is 10.1. The van der Waals surface area contributed by atoms with E-state index in [-0.39, 0.29) is 18.2 Å². The van der Waals surface area contributed by atoms with Crippen LogP contribution in [0.5, 0.6) is 5.75 Å². The van der Waals surface area contributed by atoms with Gasteiger partial charge in [0.05, 0.1) is 6.54 Å². The minimum Gasteiger partial charge on any atom is -0.486 e. The smallest absolute Gasteiger partial charge is 0.292 e. The molecule has 0 saturated carbocycles. The maximum atomic E-state index is 12.5. The number of rotatable bonds is 8. The summed E-state index contributed by atoms with van der Waals surface area (Å²) in [5, 5.41) is 7.73. The van der Waals surface area contributed by atoms with Crippen LogP contribution in [0.3, 0.4) is 0 Å². The van der Waals surface area contributed by atoms with Crippen molar-refractivity contribution in [2.75, 3.05) is 5.32 Å². The second-order valence-corrected chi connectivity index (χ2v) is 7.55. The molecule has 8 heteroatoms. The number of amides is 1. The molecule has 4 aromatic rings. The lowest BCUT2D eigenvalue weighted by Crippen LogP contribution is -2.12. The van der Waals surface area contributed by atoms with Gasteiger partial charge in [0.15, 0.2) is 17.4 Å². The fraction of sp³-hybridized carbons (Fsp3) is 0.125. The molecule has 2 heterocycles. The minimum absolute atomic E-state index is 0.00691. The Hall–Kier alpha value is -3.84. The van der Waals surface area contributed by atoms with Gasteiger partial charge < -0.3 is 14.5 Å². The number of hydrogen-bond donors (Lipinski definition) is 1. The summed E-state index contributed by atoms with van der Waals surface area (Å²) in [4.78, 5) is 23.8. The molecular formula is C24H20ClN3O4. The summed E-state index contributed by atoms with van der Waals surface area (Å²) in [7, 11) is 0. The van der Waals surface area contributed by atoms with E-state index in [1.54, 1.807) is 53.3 Å². The lowest BCUT2D eigenvalue weighted by molar-refractivity contribution is 0.0990. The monoisotopic (exact) mass is 449 g/mol. The van der Waals surface area contributed by atoms with Crippen LogP contribution in [0.15, 0.2) is 77.3 Å². The van der Waals surface area contributed by atoms with E-state index < -0.39 is 5.91 Å². The van der Waals surface area contributed by atoms with Crippen LogP contribution in [0.2, 0.25) is 5.02 Å². The minimum atomic E-state index is -0.407. The number of benzene rings is 2. The Morgan fingerprint density at radius 2 is 1.91 bits per heavy atom. The van der Waals surface area contributed by atoms with Crippen molar-refractivity contribution in [2.24, 2.45) is 0 Å². The maximum Gasteiger partial charge on any atom is 0.292 e. The zero-order valence-electron chi connectivity index (χ0n) is 17.2. The molecular weight excluding hydrogens is 430 g/mol. The number of carbonyl (C=O) groups is 2. The third-order valence-corrected chi connectivity index (χ3v) is 4.88. The Morgan fingerprint density at radius 1 is 1.09 bits per heavy atom. The topological polar surface area (TPSA) is 86.4 Å². The molecule has 0 atom stereocenters. The third-order valence-electron chi connectivity index (χ3n) is 4.64. The zero-order valence-corrected chi connectivity index (χ0v) is 18.0. The average Bonchev–Trinajstić information content (AvgIpc) is 3.42. The number of halogens is 1. The number of anilines is 1. The van der Waals surface area contributed by atoms with Crippen LogP contribution in [0.25, 0.3) is 0 Å². The first kappa shape index (κ1) is 21.4. The van der Waals surface area contributed by atoms with Crippen molar-refractivity contribution in [3.05, 3.63) is 101 Å². The number of nitrogens with zero attached hydrogens (tertiary/aromatic N) is 2. The van der Waals surface area contributed by atoms with E-state index in [1.165, 1.54) is 6.92 Å². The summed E-state index contributed by atoms with van der Waals surface area (Å²) < 4.78 is 12.9. The van der Waals surface area contributed by atoms with Crippen LogP contribution >= 0.6 is 11.6 Å². The Labute approximate surface area is 189 Å². The largest absolute Gasteiger partial charge is 0.486 e. The number of nitrogens with one attached hydrogen (secondary N) is 1. The van der Waals surface area contributed by atoms with Gasteiger partial charge in [-0.3, -0.25) is 14.3 Å². The second-order valence-electron chi connectivity index (χ2n) is 7.12. The number of aromatic nitrogens is 2. The summed E-state index contributed by atoms with van der Waals surface area (Å²) in [6.07, 6.45) is 1.77. The normalized spacial score (nSPS) is 10.7. The predicted octanol–water partition coefficient (Wildman–Crippen LogP) is 5.21. The van der Waals surface area contributed by atoms with Crippen molar-refractivity contribution >= 4 is 29.1 Å². The summed E-state index contributed by atoms with van der Waals surface area (Å²) in [6, 6.07) is 19.3. The maximum absolute atomic E-state index is 12.5. The van der Waals surface area contributed by atoms with Gasteiger partial charge in [-0.2, -0.15) is 5.10 Å². The van der Waals surface area contributed by atoms with Crippen LogP contribution in [0.4, 0.5) is 5.82 Å². The first-order valence-electron chi connectivity index (χ1n) is 9.88. The molecule has 162 valence electrons. The molecule has 0 aliphatic carbocycles. The molecule has 0 fully saturated rings. The van der Waals surface area contributed by atoms with E-state index in [4.69, 9.17) is 20.8 Å². The van der Waals surface area contributed by atoms with Gasteiger partial charge in [-0.1, -0.05) is 23.7 Å². The third kappa shape index (κ3) is 5.44. The number of Topliss-reactive ketones (excluding diaryl/α,β-unsaturated/α-hetero) is 1. The zero-order chi connectivity index (χ0) is 22.5. The van der Waals surface area contributed by atoms with E-state index in [1.807, 2.05) is 24.3 Å². The van der Waals surface area contributed by atoms with Crippen LogP contribution in [0.1, 0.15) is 39.2 Å². The highest BCUT2D eigenvalue weighted by Crippen LogP contribution is 2.17. The van der Waals surface area contributed by atoms with Crippen molar-refractivity contribution in [2.45, 2.75) is 20.1 Å². The summed E-state index contributed by atoms with van der Waals surface area (Å²) >= 11 is 6.01. The SMILES string of the molecule is CC(=O)c1ccc(OCc2ccc(C(=O)Nc3ccn(Cc4cccc(Cl)c4)n3)o2)cc1. The van der Waals surface area contributed by atoms with Gasteiger partial charge in [0.1, 0.15) is 18.1 Å². The Balaban J connectivity index is 1.32. The van der Waals surface area contributed by atoms with Crippen LogP contribution in [-0.2, 0) is 13.2 Å². The average molecular weight is 450 g/mol. The molecule has 0 aliphatic rings. The van der Waals surface area contributed by atoms with Gasteiger partial charge in [-0.25, -0.2) is 0 Å². The fourth-order valence-corrected chi connectivity index (χ4v) is 3.25. The molecule has 7 nitrogen and oxygen atoms in total. The number of ether oxygens (including phenoxy) is 1. The molecule has 2 aromatic carbocycles. The van der Waals surface area contributed by atoms with Crippen molar-refractivity contribution in [1.29, 1.82) is 0 Å². The number of furan rings is 1. The standard InChI is InChI=1S/C24H20ClN3O4/c1-16(29)18-5-7-20(8-6-18)31-15-21-9-10-22(32-21)24(30)26-23-11-12-28(27-23)14-17-3-2-4-19(25)13-17/h2-13H,14-15H2,1H3,(H,26,27,30). The van der Waals surface area contributed by atoms with E-state index in [2.05, 4.69) is 10.4 Å². The first-order valence-corrected chi connectivity index (χ1v) is 10.3. The van der Waals surface area contributed by atoms with Crippen molar-refractivity contribution in [3.8, 4) is 5.75 Å². The van der Waals surface area contributed by atoms with Gasteiger partial charge in [-0.05, 0) is 61.0 Å². The van der Waals surface area contributed by atoms with Crippen LogP contribution in [0, 0.1) is 0 Å². The van der Waals surface area contributed by atoms with E-state index in [0.717, 1.165) is 5.56 Å². The Kier molecular flexibility index (Phi) is 6.37. The molecule has 0 saturated heterocycles. The van der Waals surface area contributed by atoms with Gasteiger partial charge >= 0.3 is 0 Å². The predicted molar refractivity (Wildman–Crippen MR) is 120 cm³/mol. The number of hydrogen-bond acceptors (Lipinski definition) is 5. The van der Waals surface area contributed by atoms with Gasteiger partial charge in [0, 0.05) is 22.8 Å². The van der Waals surface area contributed by atoms with E-state index in [9.17, 15) is 9.59 Å². The van der Waals surface area contributed by atoms with Gasteiger partial charge in [0.25, 0.3) is 5.91 Å². The number of carbonyl (C=O) groups excluding carboxylic acids is 2. The molecule has 0 spiro atoms. The van der Waals surface area contributed by atoms with Gasteiger partial charge in [-0.15, -0.1) is 0 Å². The molecule has 32 heavy (non-hydrogen) atoms. The number of ketones is 1. The van der Waals surface area contributed by atoms with E-state index >= 15 is 0 Å². The Bertz CT molecular complexity index is 1240. The van der Waals surface area contributed by atoms with Crippen molar-refractivity contribution in [3.63, 3.8) is 0 Å². The highest BCUT2D eigenvalue weighted by Gasteiger charge is 2.13. The first-order chi connectivity index (χ1) is 15.5. The second kappa shape index (κ2) is 9.53. The van der Waals surface area contributed by atoms with Crippen LogP contribution < -0.4 is 10.1 Å². The fourth-order valence-electron chi connectivity index (χ4n) is 3.03. The summed E-state index contributed by atoms with van der Waals surface area (Å²) in [5.74, 6) is 1.25. The lowest BCUT2D eigenvalue weighted by Gasteiger charge is -2.05. The quantitative estimate of drug-likeness (QED) is 0.373.